The van der Waals surface area contributed by atoms with E-state index in [0.29, 0.717) is 16.7 Å². The van der Waals surface area contributed by atoms with Crippen molar-refractivity contribution in [2.24, 2.45) is 0 Å². The smallest absolute Gasteiger partial charge is 0.379 e. The molecule has 0 saturated carbocycles. The van der Waals surface area contributed by atoms with E-state index in [0.717, 1.165) is 11.1 Å². The number of benzene rings is 1. The van der Waals surface area contributed by atoms with Gasteiger partial charge in [-0.05, 0) is 24.6 Å². The number of aromatic nitrogens is 1. The van der Waals surface area contributed by atoms with E-state index >= 15 is 0 Å². The van der Waals surface area contributed by atoms with Crippen molar-refractivity contribution in [3.05, 3.63) is 29.5 Å². The molecule has 0 bridgehead atoms. The van der Waals surface area contributed by atoms with Crippen molar-refractivity contribution in [1.82, 2.24) is 4.98 Å². The largest absolute Gasteiger partial charge is 0.497 e. The molecular weight excluding hydrogens is 234 g/mol. The van der Waals surface area contributed by atoms with E-state index in [1.807, 2.05) is 13.0 Å². The van der Waals surface area contributed by atoms with Gasteiger partial charge < -0.3 is 14.5 Å². The molecular formula is C13H13NO4. The summed E-state index contributed by atoms with van der Waals surface area (Å²) in [7, 11) is 2.73. The second-order valence-electron chi connectivity index (χ2n) is 3.89. The molecule has 5 nitrogen and oxygen atoms in total. The fourth-order valence-corrected chi connectivity index (χ4v) is 1.89. The van der Waals surface area contributed by atoms with Gasteiger partial charge in [0.05, 0.1) is 19.8 Å². The van der Waals surface area contributed by atoms with E-state index in [2.05, 4.69) is 9.72 Å². The van der Waals surface area contributed by atoms with Crippen molar-refractivity contribution in [2.45, 2.75) is 6.92 Å². The molecule has 1 N–H and O–H groups in total. The molecule has 0 aliphatic heterocycles. The van der Waals surface area contributed by atoms with Crippen LogP contribution in [-0.4, -0.2) is 31.0 Å². The molecule has 0 amide bonds. The molecule has 0 radical (unpaired) electrons. The van der Waals surface area contributed by atoms with Crippen LogP contribution in [0.25, 0.3) is 10.9 Å². The Hall–Kier alpha value is -2.30. The van der Waals surface area contributed by atoms with Gasteiger partial charge in [-0.25, -0.2) is 4.79 Å². The van der Waals surface area contributed by atoms with E-state index in [4.69, 9.17) is 4.74 Å². The van der Waals surface area contributed by atoms with Crippen LogP contribution in [0.1, 0.15) is 15.9 Å². The van der Waals surface area contributed by atoms with Crippen LogP contribution in [0.15, 0.2) is 18.3 Å². The molecule has 18 heavy (non-hydrogen) atoms. The Bertz CT molecular complexity index is 627. The van der Waals surface area contributed by atoms with Crippen molar-refractivity contribution in [2.75, 3.05) is 14.2 Å². The third-order valence-electron chi connectivity index (χ3n) is 2.81. The summed E-state index contributed by atoms with van der Waals surface area (Å²) in [5, 5.41) is 0.655. The first-order chi connectivity index (χ1) is 8.58. The predicted molar refractivity (Wildman–Crippen MR) is 65.9 cm³/mol. The summed E-state index contributed by atoms with van der Waals surface area (Å²) >= 11 is 0. The van der Waals surface area contributed by atoms with Crippen LogP contribution < -0.4 is 4.74 Å². The SMILES string of the molecule is COC(=O)C(=O)c1c[nH]c2c(C)cc(OC)cc12. The fraction of sp³-hybridized carbons (Fsp3) is 0.231. The zero-order valence-corrected chi connectivity index (χ0v) is 10.4. The van der Waals surface area contributed by atoms with E-state index in [9.17, 15) is 9.59 Å². The number of carbonyl (C=O) groups excluding carboxylic acids is 2. The van der Waals surface area contributed by atoms with E-state index in [1.54, 1.807) is 13.2 Å². The van der Waals surface area contributed by atoms with Gasteiger partial charge in [0.25, 0.3) is 5.78 Å². The number of methoxy groups -OCH3 is 2. The topological polar surface area (TPSA) is 68.4 Å². The molecule has 0 unspecified atom stereocenters. The third-order valence-corrected chi connectivity index (χ3v) is 2.81. The highest BCUT2D eigenvalue weighted by molar-refractivity contribution is 6.43. The average molecular weight is 247 g/mol. The number of rotatable bonds is 3. The van der Waals surface area contributed by atoms with E-state index < -0.39 is 11.8 Å². The van der Waals surface area contributed by atoms with Crippen molar-refractivity contribution in [3.63, 3.8) is 0 Å². The number of H-pyrrole nitrogens is 1. The maximum Gasteiger partial charge on any atom is 0.379 e. The second-order valence-corrected chi connectivity index (χ2v) is 3.89. The number of nitrogens with one attached hydrogen (secondary N) is 1. The Morgan fingerprint density at radius 1 is 1.22 bits per heavy atom. The summed E-state index contributed by atoms with van der Waals surface area (Å²) in [4.78, 5) is 26.1. The van der Waals surface area contributed by atoms with Crippen LogP contribution in [-0.2, 0) is 9.53 Å². The van der Waals surface area contributed by atoms with E-state index in [1.165, 1.54) is 13.3 Å². The number of aryl methyl sites for hydroxylation is 1. The van der Waals surface area contributed by atoms with Crippen molar-refractivity contribution in [1.29, 1.82) is 0 Å². The first-order valence-electron chi connectivity index (χ1n) is 5.37. The molecule has 1 aromatic heterocycles. The van der Waals surface area contributed by atoms with Gasteiger partial charge in [0.2, 0.25) is 0 Å². The number of fused-ring (bicyclic) bond motifs is 1. The second kappa shape index (κ2) is 4.52. The van der Waals surface area contributed by atoms with Crippen molar-refractivity contribution < 1.29 is 19.1 Å². The van der Waals surface area contributed by atoms with Gasteiger partial charge in [-0.3, -0.25) is 4.79 Å². The highest BCUT2D eigenvalue weighted by Gasteiger charge is 2.21. The molecule has 0 aliphatic rings. The number of hydrogen-bond acceptors (Lipinski definition) is 4. The first-order valence-corrected chi connectivity index (χ1v) is 5.37. The quantitative estimate of drug-likeness (QED) is 0.510. The normalized spacial score (nSPS) is 10.4. The first kappa shape index (κ1) is 12.2. The Labute approximate surface area is 104 Å². The predicted octanol–water partition coefficient (Wildman–Crippen LogP) is 1.84. The Balaban J connectivity index is 2.63. The van der Waals surface area contributed by atoms with Gasteiger partial charge >= 0.3 is 5.97 Å². The van der Waals surface area contributed by atoms with Gasteiger partial charge in [-0.2, -0.15) is 0 Å². The standard InChI is InChI=1S/C13H13NO4/c1-7-4-8(17-2)5-9-10(6-14-11(7)9)12(15)13(16)18-3/h4-6,14H,1-3H3. The average Bonchev–Trinajstić information content (AvgIpc) is 2.80. The number of ether oxygens (including phenoxy) is 2. The molecule has 2 rings (SSSR count). The van der Waals surface area contributed by atoms with Crippen molar-refractivity contribution in [3.8, 4) is 5.75 Å². The molecule has 0 fully saturated rings. The minimum absolute atomic E-state index is 0.291. The molecule has 0 saturated heterocycles. The summed E-state index contributed by atoms with van der Waals surface area (Å²) in [6.45, 7) is 1.90. The molecule has 0 atom stereocenters. The fourth-order valence-electron chi connectivity index (χ4n) is 1.89. The number of carbonyl (C=O) groups is 2. The summed E-state index contributed by atoms with van der Waals surface area (Å²) in [6, 6.07) is 3.57. The van der Waals surface area contributed by atoms with Crippen molar-refractivity contribution >= 4 is 22.7 Å². The highest BCUT2D eigenvalue weighted by atomic mass is 16.5. The molecule has 5 heteroatoms. The summed E-state index contributed by atoms with van der Waals surface area (Å²) in [5.41, 5.74) is 2.04. The van der Waals surface area contributed by atoms with E-state index in [-0.39, 0.29) is 0 Å². The highest BCUT2D eigenvalue weighted by Crippen LogP contribution is 2.27. The minimum Gasteiger partial charge on any atom is -0.497 e. The summed E-state index contributed by atoms with van der Waals surface area (Å²) in [6.07, 6.45) is 1.51. The number of ketones is 1. The van der Waals surface area contributed by atoms with Crippen LogP contribution in [0, 0.1) is 6.92 Å². The van der Waals surface area contributed by atoms with Gasteiger partial charge in [-0.1, -0.05) is 0 Å². The van der Waals surface area contributed by atoms with Gasteiger partial charge in [0, 0.05) is 17.1 Å². The molecule has 0 aliphatic carbocycles. The summed E-state index contributed by atoms with van der Waals surface area (Å²) in [5.74, 6) is -0.911. The number of esters is 1. The Morgan fingerprint density at radius 2 is 1.94 bits per heavy atom. The minimum atomic E-state index is -0.878. The van der Waals surface area contributed by atoms with Gasteiger partial charge in [0.1, 0.15) is 5.75 Å². The molecule has 0 spiro atoms. The third kappa shape index (κ3) is 1.84. The zero-order chi connectivity index (χ0) is 13.3. The maximum atomic E-state index is 11.8. The maximum absolute atomic E-state index is 11.8. The molecule has 94 valence electrons. The van der Waals surface area contributed by atoms with Crippen LogP contribution in [0.2, 0.25) is 0 Å². The Kier molecular flexibility index (Phi) is 3.06. The van der Waals surface area contributed by atoms with Gasteiger partial charge in [-0.15, -0.1) is 0 Å². The number of aromatic amines is 1. The monoisotopic (exact) mass is 247 g/mol. The van der Waals surface area contributed by atoms with Crippen LogP contribution in [0.3, 0.4) is 0 Å². The lowest BCUT2D eigenvalue weighted by Gasteiger charge is -2.03. The molecule has 1 heterocycles. The lowest BCUT2D eigenvalue weighted by Crippen LogP contribution is -2.15. The lowest BCUT2D eigenvalue weighted by atomic mass is 10.1. The zero-order valence-electron chi connectivity index (χ0n) is 10.4. The number of Topliss-reactive ketones (excluding diaryl/α,β-unsaturated/α-hetero) is 1. The molecule has 1 aromatic carbocycles. The van der Waals surface area contributed by atoms with Crippen LogP contribution in [0.5, 0.6) is 5.75 Å². The Morgan fingerprint density at radius 3 is 2.56 bits per heavy atom. The number of hydrogen-bond donors (Lipinski definition) is 1. The van der Waals surface area contributed by atoms with Crippen LogP contribution in [0.4, 0.5) is 0 Å². The lowest BCUT2D eigenvalue weighted by molar-refractivity contribution is -0.135. The molecule has 2 aromatic rings. The summed E-state index contributed by atoms with van der Waals surface area (Å²) < 4.78 is 9.59. The van der Waals surface area contributed by atoms with Gasteiger partial charge in [0.15, 0.2) is 0 Å². The van der Waals surface area contributed by atoms with Crippen LogP contribution >= 0.6 is 0 Å².